The van der Waals surface area contributed by atoms with E-state index in [1.807, 2.05) is 42.3 Å². The van der Waals surface area contributed by atoms with E-state index in [-0.39, 0.29) is 11.9 Å². The minimum atomic E-state index is -0.252. The molecule has 2 aromatic rings. The second kappa shape index (κ2) is 7.36. The molecule has 2 nitrogen and oxygen atoms in total. The molecule has 0 aliphatic carbocycles. The monoisotopic (exact) mass is 370 g/mol. The summed E-state index contributed by atoms with van der Waals surface area (Å²) < 4.78 is 14.8. The summed E-state index contributed by atoms with van der Waals surface area (Å²) in [4.78, 5) is 2.03. The maximum atomic E-state index is 14.1. The molecule has 0 saturated carbocycles. The Morgan fingerprint density at radius 1 is 1.29 bits per heavy atom. The van der Waals surface area contributed by atoms with E-state index in [0.29, 0.717) is 23.7 Å². The van der Waals surface area contributed by atoms with Crippen molar-refractivity contribution < 1.29 is 4.39 Å². The van der Waals surface area contributed by atoms with Crippen LogP contribution in [0.5, 0.6) is 0 Å². The van der Waals surface area contributed by atoms with Gasteiger partial charge in [-0.25, -0.2) is 4.39 Å². The van der Waals surface area contributed by atoms with Crippen molar-refractivity contribution in [2.45, 2.75) is 12.6 Å². The van der Waals surface area contributed by atoms with E-state index in [9.17, 15) is 4.39 Å². The van der Waals surface area contributed by atoms with Gasteiger partial charge in [-0.05, 0) is 36.9 Å². The molecule has 0 heterocycles. The third-order valence-electron chi connectivity index (χ3n) is 3.40. The number of benzene rings is 2. The molecule has 1 atom stereocenters. The van der Waals surface area contributed by atoms with Crippen LogP contribution in [0.25, 0.3) is 0 Å². The normalized spacial score (nSPS) is 12.7. The summed E-state index contributed by atoms with van der Waals surface area (Å²) in [5.41, 5.74) is 7.52. The van der Waals surface area contributed by atoms with Gasteiger partial charge in [-0.2, -0.15) is 0 Å². The first-order valence-electron chi connectivity index (χ1n) is 6.61. The number of hydrogen-bond donors (Lipinski definition) is 1. The first-order valence-corrected chi connectivity index (χ1v) is 7.78. The van der Waals surface area contributed by atoms with Crippen LogP contribution in [0.3, 0.4) is 0 Å². The molecule has 0 saturated heterocycles. The van der Waals surface area contributed by atoms with Crippen molar-refractivity contribution in [1.82, 2.24) is 4.90 Å². The molecule has 2 N–H and O–H groups in total. The van der Waals surface area contributed by atoms with Crippen LogP contribution in [0.4, 0.5) is 4.39 Å². The fourth-order valence-electron chi connectivity index (χ4n) is 2.35. The van der Waals surface area contributed by atoms with Crippen LogP contribution in [0, 0.1) is 5.82 Å². The van der Waals surface area contributed by atoms with Crippen LogP contribution in [0.1, 0.15) is 17.2 Å². The summed E-state index contributed by atoms with van der Waals surface area (Å²) in [5.74, 6) is -0.252. The zero-order chi connectivity index (χ0) is 15.4. The van der Waals surface area contributed by atoms with Crippen LogP contribution < -0.4 is 5.73 Å². The number of likely N-dealkylation sites (N-methyl/N-ethyl adjacent to an activating group) is 1. The lowest BCUT2D eigenvalue weighted by molar-refractivity contribution is 0.236. The topological polar surface area (TPSA) is 29.3 Å². The molecule has 2 aromatic carbocycles. The quantitative estimate of drug-likeness (QED) is 0.845. The number of rotatable bonds is 5. The Labute approximate surface area is 137 Å². The minimum absolute atomic E-state index is 0.183. The van der Waals surface area contributed by atoms with Crippen molar-refractivity contribution >= 4 is 27.5 Å². The zero-order valence-electron chi connectivity index (χ0n) is 11.7. The molecule has 0 aliphatic heterocycles. The van der Waals surface area contributed by atoms with Crippen molar-refractivity contribution in [3.8, 4) is 0 Å². The van der Waals surface area contributed by atoms with Gasteiger partial charge in [-0.3, -0.25) is 4.90 Å². The largest absolute Gasteiger partial charge is 0.329 e. The van der Waals surface area contributed by atoms with E-state index >= 15 is 0 Å². The highest BCUT2D eigenvalue weighted by molar-refractivity contribution is 9.10. The average Bonchev–Trinajstić information content (AvgIpc) is 2.42. The number of nitrogens with zero attached hydrogens (tertiary/aromatic N) is 1. The number of halogens is 3. The lowest BCUT2D eigenvalue weighted by atomic mass is 10.0. The molecular weight excluding hydrogens is 355 g/mol. The Morgan fingerprint density at radius 3 is 2.67 bits per heavy atom. The van der Waals surface area contributed by atoms with Gasteiger partial charge in [0.1, 0.15) is 5.82 Å². The van der Waals surface area contributed by atoms with E-state index in [1.165, 1.54) is 6.07 Å². The number of hydrogen-bond acceptors (Lipinski definition) is 2. The predicted octanol–water partition coefficient (Wildman–Crippen LogP) is 4.37. The summed E-state index contributed by atoms with van der Waals surface area (Å²) in [6.07, 6.45) is 0. The van der Waals surface area contributed by atoms with Crippen LogP contribution in [0.15, 0.2) is 46.9 Å². The van der Waals surface area contributed by atoms with E-state index < -0.39 is 0 Å². The molecule has 0 amide bonds. The Morgan fingerprint density at radius 2 is 2.05 bits per heavy atom. The molecule has 0 bridgehead atoms. The third kappa shape index (κ3) is 4.27. The van der Waals surface area contributed by atoms with Gasteiger partial charge in [0.15, 0.2) is 0 Å². The highest BCUT2D eigenvalue weighted by Gasteiger charge is 2.19. The second-order valence-electron chi connectivity index (χ2n) is 4.96. The lowest BCUT2D eigenvalue weighted by Gasteiger charge is -2.28. The van der Waals surface area contributed by atoms with Gasteiger partial charge in [0, 0.05) is 34.2 Å². The average molecular weight is 372 g/mol. The Kier molecular flexibility index (Phi) is 5.76. The van der Waals surface area contributed by atoms with Crippen molar-refractivity contribution in [3.05, 3.63) is 68.9 Å². The molecule has 5 heteroatoms. The highest BCUT2D eigenvalue weighted by Crippen LogP contribution is 2.25. The third-order valence-corrected chi connectivity index (χ3v) is 4.13. The SMILES string of the molecule is CN(Cc1cccc(Cl)c1)C(CN)c1ccc(Br)cc1F. The molecule has 2 rings (SSSR count). The summed E-state index contributed by atoms with van der Waals surface area (Å²) in [5, 5.41) is 0.694. The first kappa shape index (κ1) is 16.4. The van der Waals surface area contributed by atoms with E-state index in [0.717, 1.165) is 10.0 Å². The van der Waals surface area contributed by atoms with Crippen LogP contribution in [-0.4, -0.2) is 18.5 Å². The van der Waals surface area contributed by atoms with Crippen molar-refractivity contribution in [1.29, 1.82) is 0 Å². The van der Waals surface area contributed by atoms with Crippen LogP contribution >= 0.6 is 27.5 Å². The maximum absolute atomic E-state index is 14.1. The zero-order valence-corrected chi connectivity index (χ0v) is 14.0. The minimum Gasteiger partial charge on any atom is -0.329 e. The van der Waals surface area contributed by atoms with E-state index in [1.54, 1.807) is 6.07 Å². The van der Waals surface area contributed by atoms with Gasteiger partial charge in [0.05, 0.1) is 0 Å². The lowest BCUT2D eigenvalue weighted by Crippen LogP contribution is -2.30. The molecule has 0 spiro atoms. The van der Waals surface area contributed by atoms with Crippen molar-refractivity contribution in [3.63, 3.8) is 0 Å². The van der Waals surface area contributed by atoms with Crippen LogP contribution in [-0.2, 0) is 6.54 Å². The van der Waals surface area contributed by atoms with E-state index in [2.05, 4.69) is 15.9 Å². The molecule has 0 radical (unpaired) electrons. The summed E-state index contributed by atoms with van der Waals surface area (Å²) >= 11 is 9.26. The summed E-state index contributed by atoms with van der Waals surface area (Å²) in [6, 6.07) is 12.5. The maximum Gasteiger partial charge on any atom is 0.129 e. The van der Waals surface area contributed by atoms with Crippen molar-refractivity contribution in [2.75, 3.05) is 13.6 Å². The predicted molar refractivity (Wildman–Crippen MR) is 88.8 cm³/mol. The standard InChI is InChI=1S/C16H17BrClFN2/c1-21(10-11-3-2-4-13(18)7-11)16(9-20)14-6-5-12(17)8-15(14)19/h2-8,16H,9-10,20H2,1H3. The molecule has 0 aliphatic rings. The molecule has 112 valence electrons. The van der Waals surface area contributed by atoms with Gasteiger partial charge < -0.3 is 5.73 Å². The summed E-state index contributed by atoms with van der Waals surface area (Å²) in [6.45, 7) is 0.994. The fraction of sp³-hybridized carbons (Fsp3) is 0.250. The molecule has 0 fully saturated rings. The van der Waals surface area contributed by atoms with Crippen molar-refractivity contribution in [2.24, 2.45) is 5.73 Å². The Hall–Kier alpha value is -0.940. The summed E-state index contributed by atoms with van der Waals surface area (Å²) in [7, 11) is 1.93. The smallest absolute Gasteiger partial charge is 0.129 e. The molecular formula is C16H17BrClFN2. The van der Waals surface area contributed by atoms with Crippen LogP contribution in [0.2, 0.25) is 5.02 Å². The Bertz CT molecular complexity index is 621. The van der Waals surface area contributed by atoms with Gasteiger partial charge in [-0.1, -0.05) is 45.7 Å². The number of nitrogens with two attached hydrogens (primary N) is 1. The first-order chi connectivity index (χ1) is 10.0. The van der Waals surface area contributed by atoms with Gasteiger partial charge in [0.25, 0.3) is 0 Å². The second-order valence-corrected chi connectivity index (χ2v) is 6.31. The molecule has 21 heavy (non-hydrogen) atoms. The fourth-order valence-corrected chi connectivity index (χ4v) is 2.90. The van der Waals surface area contributed by atoms with Gasteiger partial charge in [-0.15, -0.1) is 0 Å². The van der Waals surface area contributed by atoms with Gasteiger partial charge in [0.2, 0.25) is 0 Å². The van der Waals surface area contributed by atoms with E-state index in [4.69, 9.17) is 17.3 Å². The highest BCUT2D eigenvalue weighted by atomic mass is 79.9. The van der Waals surface area contributed by atoms with Gasteiger partial charge >= 0.3 is 0 Å². The molecule has 1 unspecified atom stereocenters. The Balaban J connectivity index is 2.20. The molecule has 0 aromatic heterocycles.